The second kappa shape index (κ2) is 8.49. The fraction of sp³-hybridized carbons (Fsp3) is 0.462. The SMILES string of the molecule is COCCOc1ccccc1C(=O)NCCCN. The average molecular weight is 252 g/mol. The molecular formula is C13H20N2O3. The van der Waals surface area contributed by atoms with Crippen molar-refractivity contribution in [1.82, 2.24) is 5.32 Å². The lowest BCUT2D eigenvalue weighted by molar-refractivity contribution is 0.0945. The summed E-state index contributed by atoms with van der Waals surface area (Å²) in [4.78, 5) is 11.9. The number of nitrogens with one attached hydrogen (secondary N) is 1. The van der Waals surface area contributed by atoms with Crippen molar-refractivity contribution in [2.24, 2.45) is 5.73 Å². The Morgan fingerprint density at radius 1 is 1.33 bits per heavy atom. The number of nitrogens with two attached hydrogens (primary N) is 1. The third-order valence-electron chi connectivity index (χ3n) is 2.34. The Morgan fingerprint density at radius 2 is 2.11 bits per heavy atom. The maximum absolute atomic E-state index is 11.9. The first-order valence-electron chi connectivity index (χ1n) is 5.98. The molecule has 0 unspecified atom stereocenters. The minimum Gasteiger partial charge on any atom is -0.490 e. The maximum Gasteiger partial charge on any atom is 0.255 e. The highest BCUT2D eigenvalue weighted by molar-refractivity contribution is 5.96. The van der Waals surface area contributed by atoms with Crippen LogP contribution in [-0.2, 0) is 4.74 Å². The number of amides is 1. The molecule has 0 atom stereocenters. The van der Waals surface area contributed by atoms with Crippen LogP contribution in [0.25, 0.3) is 0 Å². The van der Waals surface area contributed by atoms with Crippen molar-refractivity contribution >= 4 is 5.91 Å². The number of ether oxygens (including phenoxy) is 2. The van der Waals surface area contributed by atoms with E-state index in [1.165, 1.54) is 0 Å². The number of hydrogen-bond donors (Lipinski definition) is 2. The molecule has 5 heteroatoms. The van der Waals surface area contributed by atoms with Crippen LogP contribution in [-0.4, -0.2) is 39.3 Å². The van der Waals surface area contributed by atoms with E-state index in [1.54, 1.807) is 25.3 Å². The monoisotopic (exact) mass is 252 g/mol. The highest BCUT2D eigenvalue weighted by atomic mass is 16.5. The van der Waals surface area contributed by atoms with E-state index in [4.69, 9.17) is 15.2 Å². The molecule has 0 aromatic heterocycles. The Morgan fingerprint density at radius 3 is 2.83 bits per heavy atom. The molecule has 0 saturated heterocycles. The highest BCUT2D eigenvalue weighted by Gasteiger charge is 2.10. The van der Waals surface area contributed by atoms with E-state index >= 15 is 0 Å². The van der Waals surface area contributed by atoms with Gasteiger partial charge in [-0.3, -0.25) is 4.79 Å². The van der Waals surface area contributed by atoms with Gasteiger partial charge < -0.3 is 20.5 Å². The van der Waals surface area contributed by atoms with E-state index in [0.717, 1.165) is 6.42 Å². The molecule has 1 aromatic carbocycles. The molecule has 0 fully saturated rings. The van der Waals surface area contributed by atoms with Gasteiger partial charge in [-0.15, -0.1) is 0 Å². The molecular weight excluding hydrogens is 232 g/mol. The van der Waals surface area contributed by atoms with Crippen molar-refractivity contribution in [2.45, 2.75) is 6.42 Å². The average Bonchev–Trinajstić information content (AvgIpc) is 2.40. The lowest BCUT2D eigenvalue weighted by Gasteiger charge is -2.11. The van der Waals surface area contributed by atoms with Crippen LogP contribution in [0.5, 0.6) is 5.75 Å². The predicted octanol–water partition coefficient (Wildman–Crippen LogP) is 0.790. The van der Waals surface area contributed by atoms with Crippen molar-refractivity contribution in [3.05, 3.63) is 29.8 Å². The molecule has 0 aliphatic heterocycles. The Bertz CT molecular complexity index is 369. The van der Waals surface area contributed by atoms with Crippen LogP contribution in [0.15, 0.2) is 24.3 Å². The smallest absolute Gasteiger partial charge is 0.255 e. The summed E-state index contributed by atoms with van der Waals surface area (Å²) in [7, 11) is 1.61. The topological polar surface area (TPSA) is 73.6 Å². The van der Waals surface area contributed by atoms with E-state index in [9.17, 15) is 4.79 Å². The molecule has 1 rings (SSSR count). The fourth-order valence-corrected chi connectivity index (χ4v) is 1.41. The van der Waals surface area contributed by atoms with Gasteiger partial charge in [0.05, 0.1) is 12.2 Å². The van der Waals surface area contributed by atoms with Gasteiger partial charge in [0, 0.05) is 13.7 Å². The first-order chi connectivity index (χ1) is 8.79. The summed E-state index contributed by atoms with van der Waals surface area (Å²) in [6, 6.07) is 7.15. The van der Waals surface area contributed by atoms with E-state index < -0.39 is 0 Å². The molecule has 0 aliphatic carbocycles. The molecule has 1 amide bonds. The van der Waals surface area contributed by atoms with Crippen LogP contribution >= 0.6 is 0 Å². The van der Waals surface area contributed by atoms with Gasteiger partial charge in [-0.2, -0.15) is 0 Å². The van der Waals surface area contributed by atoms with Crippen LogP contribution in [0.2, 0.25) is 0 Å². The number of benzene rings is 1. The number of methoxy groups -OCH3 is 1. The lowest BCUT2D eigenvalue weighted by Crippen LogP contribution is -2.26. The number of carbonyl (C=O) groups excluding carboxylic acids is 1. The Labute approximate surface area is 107 Å². The third-order valence-corrected chi connectivity index (χ3v) is 2.34. The van der Waals surface area contributed by atoms with Gasteiger partial charge in [-0.1, -0.05) is 12.1 Å². The molecule has 100 valence electrons. The van der Waals surface area contributed by atoms with Gasteiger partial charge in [0.1, 0.15) is 12.4 Å². The van der Waals surface area contributed by atoms with Gasteiger partial charge in [-0.25, -0.2) is 0 Å². The largest absolute Gasteiger partial charge is 0.490 e. The van der Waals surface area contributed by atoms with Crippen LogP contribution < -0.4 is 15.8 Å². The molecule has 18 heavy (non-hydrogen) atoms. The highest BCUT2D eigenvalue weighted by Crippen LogP contribution is 2.17. The first-order valence-corrected chi connectivity index (χ1v) is 5.98. The molecule has 0 bridgehead atoms. The zero-order chi connectivity index (χ0) is 13.2. The predicted molar refractivity (Wildman–Crippen MR) is 69.8 cm³/mol. The van der Waals surface area contributed by atoms with Gasteiger partial charge in [0.15, 0.2) is 0 Å². The number of para-hydroxylation sites is 1. The number of carbonyl (C=O) groups is 1. The molecule has 3 N–H and O–H groups in total. The maximum atomic E-state index is 11.9. The Hall–Kier alpha value is -1.59. The van der Waals surface area contributed by atoms with E-state index in [2.05, 4.69) is 5.32 Å². The van der Waals surface area contributed by atoms with Crippen molar-refractivity contribution in [1.29, 1.82) is 0 Å². The van der Waals surface area contributed by atoms with Crippen LogP contribution in [0.3, 0.4) is 0 Å². The fourth-order valence-electron chi connectivity index (χ4n) is 1.41. The summed E-state index contributed by atoms with van der Waals surface area (Å²) in [6.45, 7) is 2.04. The Kier molecular flexibility index (Phi) is 6.83. The molecule has 5 nitrogen and oxygen atoms in total. The van der Waals surface area contributed by atoms with Crippen molar-refractivity contribution < 1.29 is 14.3 Å². The van der Waals surface area contributed by atoms with Crippen molar-refractivity contribution in [3.8, 4) is 5.75 Å². The Balaban J connectivity index is 2.59. The van der Waals surface area contributed by atoms with Crippen LogP contribution in [0.1, 0.15) is 16.8 Å². The summed E-state index contributed by atoms with van der Waals surface area (Å²) in [5, 5.41) is 2.80. The zero-order valence-corrected chi connectivity index (χ0v) is 10.6. The number of rotatable bonds is 8. The van der Waals surface area contributed by atoms with Crippen molar-refractivity contribution in [2.75, 3.05) is 33.4 Å². The number of hydrogen-bond acceptors (Lipinski definition) is 4. The summed E-state index contributed by atoms with van der Waals surface area (Å²) >= 11 is 0. The summed E-state index contributed by atoms with van der Waals surface area (Å²) < 4.78 is 10.4. The van der Waals surface area contributed by atoms with Crippen LogP contribution in [0.4, 0.5) is 0 Å². The van der Waals surface area contributed by atoms with Gasteiger partial charge in [-0.05, 0) is 25.1 Å². The van der Waals surface area contributed by atoms with Crippen LogP contribution in [0, 0.1) is 0 Å². The minimum absolute atomic E-state index is 0.142. The van der Waals surface area contributed by atoms with Gasteiger partial charge in [0.2, 0.25) is 0 Å². The second-order valence-electron chi connectivity index (χ2n) is 3.74. The van der Waals surface area contributed by atoms with E-state index in [0.29, 0.717) is 37.6 Å². The standard InChI is InChI=1S/C13H20N2O3/c1-17-9-10-18-12-6-3-2-5-11(12)13(16)15-8-4-7-14/h2-3,5-6H,4,7-10,14H2,1H3,(H,15,16). The molecule has 0 saturated carbocycles. The second-order valence-corrected chi connectivity index (χ2v) is 3.74. The molecule has 0 heterocycles. The molecule has 0 radical (unpaired) electrons. The van der Waals surface area contributed by atoms with Crippen molar-refractivity contribution in [3.63, 3.8) is 0 Å². The first kappa shape index (κ1) is 14.5. The van der Waals surface area contributed by atoms with Gasteiger partial charge >= 0.3 is 0 Å². The third kappa shape index (κ3) is 4.73. The zero-order valence-electron chi connectivity index (χ0n) is 10.6. The summed E-state index contributed by atoms with van der Waals surface area (Å²) in [6.07, 6.45) is 0.762. The molecule has 1 aromatic rings. The summed E-state index contributed by atoms with van der Waals surface area (Å²) in [5.41, 5.74) is 5.91. The van der Waals surface area contributed by atoms with E-state index in [-0.39, 0.29) is 5.91 Å². The summed E-state index contributed by atoms with van der Waals surface area (Å²) in [5.74, 6) is 0.427. The normalized spacial score (nSPS) is 10.1. The minimum atomic E-state index is -0.142. The molecule has 0 spiro atoms. The quantitative estimate of drug-likeness (QED) is 0.671. The molecule has 0 aliphatic rings. The lowest BCUT2D eigenvalue weighted by atomic mass is 10.2. The van der Waals surface area contributed by atoms with Gasteiger partial charge in [0.25, 0.3) is 5.91 Å². The van der Waals surface area contributed by atoms with E-state index in [1.807, 2.05) is 6.07 Å².